The van der Waals surface area contributed by atoms with Crippen molar-refractivity contribution in [3.63, 3.8) is 0 Å². The molecule has 0 spiro atoms. The summed E-state index contributed by atoms with van der Waals surface area (Å²) in [6.45, 7) is 11.2. The van der Waals surface area contributed by atoms with Gasteiger partial charge < -0.3 is 9.64 Å². The molecule has 1 saturated heterocycles. The van der Waals surface area contributed by atoms with Crippen LogP contribution < -0.4 is 4.90 Å². The minimum absolute atomic E-state index is 0.408. The molecule has 5 heteroatoms. The molecule has 0 atom stereocenters. The number of ether oxygens (including phenoxy) is 1. The third-order valence-electron chi connectivity index (χ3n) is 4.62. The molecular weight excluding hydrogens is 276 g/mol. The number of aromatic nitrogens is 3. The molecule has 0 unspecified atom stereocenters. The Balaban J connectivity index is 1.95. The van der Waals surface area contributed by atoms with E-state index in [4.69, 9.17) is 14.8 Å². The fraction of sp³-hybridized carbons (Fsp3) is 0.647. The van der Waals surface area contributed by atoms with Gasteiger partial charge >= 0.3 is 0 Å². The minimum atomic E-state index is 0.408. The fourth-order valence-electron chi connectivity index (χ4n) is 3.16. The first-order valence-corrected chi connectivity index (χ1v) is 8.36. The van der Waals surface area contributed by atoms with Crippen molar-refractivity contribution in [3.05, 3.63) is 23.0 Å². The summed E-state index contributed by atoms with van der Waals surface area (Å²) in [5.41, 5.74) is 4.38. The molecule has 1 aliphatic heterocycles. The van der Waals surface area contributed by atoms with Gasteiger partial charge in [-0.2, -0.15) is 9.61 Å². The Labute approximate surface area is 132 Å². The van der Waals surface area contributed by atoms with E-state index in [2.05, 4.69) is 38.7 Å². The molecular formula is C17H26N4O. The number of hydrogen-bond donors (Lipinski definition) is 0. The first kappa shape index (κ1) is 15.3. The van der Waals surface area contributed by atoms with Crippen LogP contribution in [0.1, 0.15) is 43.6 Å². The maximum atomic E-state index is 5.76. The van der Waals surface area contributed by atoms with Crippen LogP contribution in [0.25, 0.3) is 5.65 Å². The minimum Gasteiger partial charge on any atom is -0.378 e. The molecule has 0 bridgehead atoms. The van der Waals surface area contributed by atoms with Crippen LogP contribution in [0.2, 0.25) is 0 Å². The van der Waals surface area contributed by atoms with Crippen molar-refractivity contribution >= 4 is 11.5 Å². The van der Waals surface area contributed by atoms with Gasteiger partial charge in [0.1, 0.15) is 5.82 Å². The van der Waals surface area contributed by atoms with E-state index in [9.17, 15) is 0 Å². The van der Waals surface area contributed by atoms with Gasteiger partial charge in [0.15, 0.2) is 5.65 Å². The molecule has 0 radical (unpaired) electrons. The van der Waals surface area contributed by atoms with Gasteiger partial charge in [0, 0.05) is 37.0 Å². The zero-order valence-corrected chi connectivity index (χ0v) is 14.1. The van der Waals surface area contributed by atoms with Gasteiger partial charge in [-0.25, -0.2) is 4.98 Å². The van der Waals surface area contributed by atoms with Crippen molar-refractivity contribution in [1.29, 1.82) is 0 Å². The van der Waals surface area contributed by atoms with Crippen molar-refractivity contribution in [1.82, 2.24) is 14.6 Å². The van der Waals surface area contributed by atoms with E-state index in [0.717, 1.165) is 56.0 Å². The largest absolute Gasteiger partial charge is 0.378 e. The summed E-state index contributed by atoms with van der Waals surface area (Å²) in [6, 6.07) is 2.19. The monoisotopic (exact) mass is 302 g/mol. The summed E-state index contributed by atoms with van der Waals surface area (Å²) >= 11 is 0. The SMILES string of the molecule is CCOC1CCN(c2cc(CC)nc3c(C)c(C)nn23)CC1. The van der Waals surface area contributed by atoms with Gasteiger partial charge in [-0.05, 0) is 40.0 Å². The smallest absolute Gasteiger partial charge is 0.160 e. The lowest BCUT2D eigenvalue weighted by Crippen LogP contribution is -2.38. The first-order valence-electron chi connectivity index (χ1n) is 8.36. The maximum Gasteiger partial charge on any atom is 0.160 e. The molecule has 3 heterocycles. The fourth-order valence-corrected chi connectivity index (χ4v) is 3.16. The summed E-state index contributed by atoms with van der Waals surface area (Å²) in [5.74, 6) is 1.17. The molecule has 2 aromatic rings. The van der Waals surface area contributed by atoms with Crippen LogP contribution in [0.15, 0.2) is 6.07 Å². The molecule has 120 valence electrons. The lowest BCUT2D eigenvalue weighted by atomic mass is 10.1. The molecule has 1 fully saturated rings. The Bertz CT molecular complexity index is 656. The van der Waals surface area contributed by atoms with Crippen LogP contribution in [0.3, 0.4) is 0 Å². The van der Waals surface area contributed by atoms with Crippen molar-refractivity contribution in [2.75, 3.05) is 24.6 Å². The Kier molecular flexibility index (Phi) is 4.34. The van der Waals surface area contributed by atoms with Gasteiger partial charge in [0.05, 0.1) is 11.8 Å². The maximum absolute atomic E-state index is 5.76. The van der Waals surface area contributed by atoms with E-state index >= 15 is 0 Å². The molecule has 1 aliphatic rings. The molecule has 0 aliphatic carbocycles. The number of hydrogen-bond acceptors (Lipinski definition) is 4. The van der Waals surface area contributed by atoms with Gasteiger partial charge in [0.2, 0.25) is 0 Å². The summed E-state index contributed by atoms with van der Waals surface area (Å²) in [7, 11) is 0. The normalized spacial score (nSPS) is 16.6. The van der Waals surface area contributed by atoms with Crippen LogP contribution >= 0.6 is 0 Å². The molecule has 0 N–H and O–H groups in total. The van der Waals surface area contributed by atoms with Crippen LogP contribution in [0.5, 0.6) is 0 Å². The highest BCUT2D eigenvalue weighted by Crippen LogP contribution is 2.25. The van der Waals surface area contributed by atoms with E-state index < -0.39 is 0 Å². The average molecular weight is 302 g/mol. The number of nitrogens with zero attached hydrogens (tertiary/aromatic N) is 4. The number of aryl methyl sites for hydroxylation is 3. The molecule has 3 rings (SSSR count). The van der Waals surface area contributed by atoms with E-state index in [0.29, 0.717) is 6.10 Å². The Morgan fingerprint density at radius 2 is 1.95 bits per heavy atom. The van der Waals surface area contributed by atoms with Crippen LogP contribution in [0.4, 0.5) is 5.82 Å². The molecule has 0 saturated carbocycles. The predicted molar refractivity (Wildman–Crippen MR) is 88.7 cm³/mol. The highest BCUT2D eigenvalue weighted by atomic mass is 16.5. The molecule has 22 heavy (non-hydrogen) atoms. The highest BCUT2D eigenvalue weighted by molar-refractivity contribution is 5.57. The zero-order chi connectivity index (χ0) is 15.7. The quantitative estimate of drug-likeness (QED) is 0.871. The Morgan fingerprint density at radius 1 is 1.23 bits per heavy atom. The Morgan fingerprint density at radius 3 is 2.59 bits per heavy atom. The standard InChI is InChI=1S/C17H26N4O/c1-5-14-11-16(20-9-7-15(8-10-20)22-6-2)21-17(18-14)12(3)13(4)19-21/h11,15H,5-10H2,1-4H3. The number of rotatable bonds is 4. The van der Waals surface area contributed by atoms with E-state index in [1.807, 2.05) is 4.52 Å². The molecule has 2 aromatic heterocycles. The van der Waals surface area contributed by atoms with Gasteiger partial charge in [-0.15, -0.1) is 0 Å². The molecule has 5 nitrogen and oxygen atoms in total. The number of piperidine rings is 1. The van der Waals surface area contributed by atoms with Crippen molar-refractivity contribution in [3.8, 4) is 0 Å². The van der Waals surface area contributed by atoms with Crippen LogP contribution in [-0.4, -0.2) is 40.4 Å². The highest BCUT2D eigenvalue weighted by Gasteiger charge is 2.23. The topological polar surface area (TPSA) is 42.7 Å². The summed E-state index contributed by atoms with van der Waals surface area (Å²) in [5, 5.41) is 4.70. The zero-order valence-electron chi connectivity index (χ0n) is 14.1. The van der Waals surface area contributed by atoms with Crippen molar-refractivity contribution in [2.24, 2.45) is 0 Å². The third-order valence-corrected chi connectivity index (χ3v) is 4.62. The summed E-state index contributed by atoms with van der Waals surface area (Å²) in [6.07, 6.45) is 3.52. The van der Waals surface area contributed by atoms with Crippen LogP contribution in [0, 0.1) is 13.8 Å². The van der Waals surface area contributed by atoms with Gasteiger partial charge in [-0.3, -0.25) is 0 Å². The lowest BCUT2D eigenvalue weighted by Gasteiger charge is -2.33. The lowest BCUT2D eigenvalue weighted by molar-refractivity contribution is 0.0458. The van der Waals surface area contributed by atoms with Gasteiger partial charge in [-0.1, -0.05) is 6.92 Å². The van der Waals surface area contributed by atoms with Gasteiger partial charge in [0.25, 0.3) is 0 Å². The van der Waals surface area contributed by atoms with Crippen molar-refractivity contribution < 1.29 is 4.74 Å². The van der Waals surface area contributed by atoms with Crippen LogP contribution in [-0.2, 0) is 11.2 Å². The third kappa shape index (κ3) is 2.70. The van der Waals surface area contributed by atoms with E-state index in [-0.39, 0.29) is 0 Å². The Hall–Kier alpha value is -1.62. The van der Waals surface area contributed by atoms with E-state index in [1.54, 1.807) is 0 Å². The number of fused-ring (bicyclic) bond motifs is 1. The summed E-state index contributed by atoms with van der Waals surface area (Å²) in [4.78, 5) is 7.19. The van der Waals surface area contributed by atoms with Crippen molar-refractivity contribution in [2.45, 2.75) is 53.1 Å². The second-order valence-electron chi connectivity index (χ2n) is 6.05. The molecule has 0 amide bonds. The van der Waals surface area contributed by atoms with E-state index in [1.165, 1.54) is 11.4 Å². The second-order valence-corrected chi connectivity index (χ2v) is 6.05. The predicted octanol–water partition coefficient (Wildman–Crippen LogP) is 2.91. The summed E-state index contributed by atoms with van der Waals surface area (Å²) < 4.78 is 7.78. The second kappa shape index (κ2) is 6.24. The number of anilines is 1. The first-order chi connectivity index (χ1) is 10.6. The average Bonchev–Trinajstić information content (AvgIpc) is 2.83. The molecule has 0 aromatic carbocycles.